The van der Waals surface area contributed by atoms with Crippen LogP contribution in [0.5, 0.6) is 0 Å². The third-order valence-corrected chi connectivity index (χ3v) is 5.39. The minimum Gasteiger partial charge on any atom is -0.335 e. The van der Waals surface area contributed by atoms with Gasteiger partial charge in [-0.25, -0.2) is 4.39 Å². The van der Waals surface area contributed by atoms with Crippen molar-refractivity contribution >= 4 is 17.7 Å². The fourth-order valence-corrected chi connectivity index (χ4v) is 3.87. The number of nitrogens with zero attached hydrogens (tertiary/aromatic N) is 4. The predicted octanol–water partition coefficient (Wildman–Crippen LogP) is 4.67. The van der Waals surface area contributed by atoms with E-state index in [-0.39, 0.29) is 17.5 Å². The first kappa shape index (κ1) is 21.5. The van der Waals surface area contributed by atoms with Gasteiger partial charge in [0, 0.05) is 13.1 Å². The van der Waals surface area contributed by atoms with Crippen molar-refractivity contribution in [2.24, 2.45) is 0 Å². The van der Waals surface area contributed by atoms with Crippen molar-refractivity contribution in [1.29, 1.82) is 0 Å². The molecule has 3 aromatic rings. The third kappa shape index (κ3) is 4.68. The third-order valence-electron chi connectivity index (χ3n) is 4.48. The van der Waals surface area contributed by atoms with Crippen LogP contribution in [0.25, 0.3) is 17.1 Å². The molecule has 0 fully saturated rings. The molecule has 154 valence electrons. The highest BCUT2D eigenvalue weighted by Gasteiger charge is 2.21. The van der Waals surface area contributed by atoms with Crippen LogP contribution >= 0.6 is 11.8 Å². The second-order valence-corrected chi connectivity index (χ2v) is 7.52. The second kappa shape index (κ2) is 10.0. The molecule has 0 atom stereocenters. The van der Waals surface area contributed by atoms with Gasteiger partial charge in [0.2, 0.25) is 5.91 Å². The lowest BCUT2D eigenvalue weighted by molar-refractivity contribution is -0.127. The molecule has 1 amide bonds. The maximum absolute atomic E-state index is 14.5. The molecule has 30 heavy (non-hydrogen) atoms. The van der Waals surface area contributed by atoms with Gasteiger partial charge >= 0.3 is 0 Å². The van der Waals surface area contributed by atoms with E-state index in [9.17, 15) is 9.18 Å². The molecule has 0 saturated heterocycles. The smallest absolute Gasteiger partial charge is 0.233 e. The van der Waals surface area contributed by atoms with Gasteiger partial charge in [-0.2, -0.15) is 0 Å². The van der Waals surface area contributed by atoms with Gasteiger partial charge in [-0.05, 0) is 30.7 Å². The zero-order valence-corrected chi connectivity index (χ0v) is 17.6. The van der Waals surface area contributed by atoms with Crippen molar-refractivity contribution < 1.29 is 9.18 Å². The molecule has 0 spiro atoms. The summed E-state index contributed by atoms with van der Waals surface area (Å²) in [6, 6.07) is 14.2. The van der Waals surface area contributed by atoms with E-state index in [1.54, 1.807) is 39.8 Å². The minimum atomic E-state index is -0.379. The lowest BCUT2D eigenvalue weighted by atomic mass is 10.1. The highest BCUT2D eigenvalue weighted by atomic mass is 32.2. The summed E-state index contributed by atoms with van der Waals surface area (Å²) in [5.74, 6) is 0.122. The monoisotopic (exact) mass is 422 g/mol. The number of hydrogen-bond donors (Lipinski definition) is 0. The van der Waals surface area contributed by atoms with Crippen LogP contribution in [0.15, 0.2) is 79.0 Å². The summed E-state index contributed by atoms with van der Waals surface area (Å²) in [5, 5.41) is 9.05. The summed E-state index contributed by atoms with van der Waals surface area (Å²) in [4.78, 5) is 14.3. The Hall–Kier alpha value is -3.19. The number of aromatic nitrogens is 3. The van der Waals surface area contributed by atoms with E-state index < -0.39 is 0 Å². The second-order valence-electron chi connectivity index (χ2n) is 6.57. The Kier molecular flexibility index (Phi) is 7.19. The van der Waals surface area contributed by atoms with Crippen molar-refractivity contribution in [2.75, 3.05) is 18.8 Å². The van der Waals surface area contributed by atoms with E-state index in [1.807, 2.05) is 31.2 Å². The standard InChI is InChI=1S/C23H23FN4OS/c1-4-14-27(15-5-2)21(29)16-30-23-26-25-22(18-11-7-8-12-19(18)24)28(23)20-13-9-6-10-17(20)3/h4-13H,1-2,14-16H2,3H3. The minimum absolute atomic E-state index is 0.0634. The Labute approximate surface area is 179 Å². The van der Waals surface area contributed by atoms with Crippen LogP contribution in [0.2, 0.25) is 0 Å². The molecule has 0 aliphatic carbocycles. The van der Waals surface area contributed by atoms with Gasteiger partial charge in [-0.1, -0.05) is 54.2 Å². The number of carbonyl (C=O) groups is 1. The Morgan fingerprint density at radius 1 is 1.10 bits per heavy atom. The molecule has 0 bridgehead atoms. The van der Waals surface area contributed by atoms with E-state index in [0.717, 1.165) is 11.3 Å². The van der Waals surface area contributed by atoms with Gasteiger partial charge in [0.25, 0.3) is 0 Å². The lowest BCUT2D eigenvalue weighted by Gasteiger charge is -2.19. The molecular weight excluding hydrogens is 399 g/mol. The van der Waals surface area contributed by atoms with Gasteiger partial charge in [-0.15, -0.1) is 23.4 Å². The van der Waals surface area contributed by atoms with Crippen molar-refractivity contribution in [2.45, 2.75) is 12.1 Å². The molecule has 5 nitrogen and oxygen atoms in total. The normalized spacial score (nSPS) is 10.6. The maximum Gasteiger partial charge on any atom is 0.233 e. The van der Waals surface area contributed by atoms with E-state index in [0.29, 0.717) is 29.6 Å². The fraction of sp³-hybridized carbons (Fsp3) is 0.174. The van der Waals surface area contributed by atoms with Crippen LogP contribution in [0.4, 0.5) is 4.39 Å². The molecule has 0 aliphatic heterocycles. The van der Waals surface area contributed by atoms with Gasteiger partial charge < -0.3 is 4.90 Å². The van der Waals surface area contributed by atoms with Gasteiger partial charge in [-0.3, -0.25) is 9.36 Å². The first-order chi connectivity index (χ1) is 14.6. The molecule has 3 rings (SSSR count). The first-order valence-corrected chi connectivity index (χ1v) is 10.4. The highest BCUT2D eigenvalue weighted by molar-refractivity contribution is 7.99. The Balaban J connectivity index is 1.98. The van der Waals surface area contributed by atoms with Crippen molar-refractivity contribution in [1.82, 2.24) is 19.7 Å². The largest absolute Gasteiger partial charge is 0.335 e. The van der Waals surface area contributed by atoms with Crippen LogP contribution in [0, 0.1) is 12.7 Å². The summed E-state index contributed by atoms with van der Waals surface area (Å²) in [6.07, 6.45) is 3.36. The molecule has 2 aromatic carbocycles. The summed E-state index contributed by atoms with van der Waals surface area (Å²) >= 11 is 1.27. The number of benzene rings is 2. The first-order valence-electron chi connectivity index (χ1n) is 9.45. The van der Waals surface area contributed by atoms with Gasteiger partial charge in [0.05, 0.1) is 17.0 Å². The fourth-order valence-electron chi connectivity index (χ4n) is 3.02. The van der Waals surface area contributed by atoms with Gasteiger partial charge in [0.15, 0.2) is 11.0 Å². The molecule has 1 heterocycles. The van der Waals surface area contributed by atoms with E-state index >= 15 is 0 Å². The Morgan fingerprint density at radius 3 is 2.43 bits per heavy atom. The average molecular weight is 423 g/mol. The number of hydrogen-bond acceptors (Lipinski definition) is 4. The molecule has 0 aliphatic rings. The number of halogens is 1. The van der Waals surface area contributed by atoms with E-state index in [4.69, 9.17) is 0 Å². The zero-order chi connectivity index (χ0) is 21.5. The van der Waals surface area contributed by atoms with Crippen LogP contribution < -0.4 is 0 Å². The van der Waals surface area contributed by atoms with Crippen molar-refractivity contribution in [3.63, 3.8) is 0 Å². The van der Waals surface area contributed by atoms with E-state index in [1.165, 1.54) is 17.8 Å². The number of aryl methyl sites for hydroxylation is 1. The maximum atomic E-state index is 14.5. The summed E-state index contributed by atoms with van der Waals surface area (Å²) in [5.41, 5.74) is 2.18. The number of para-hydroxylation sites is 1. The van der Waals surface area contributed by atoms with Crippen molar-refractivity contribution in [3.8, 4) is 17.1 Å². The van der Waals surface area contributed by atoms with Gasteiger partial charge in [0.1, 0.15) is 5.82 Å². The predicted molar refractivity (Wildman–Crippen MR) is 119 cm³/mol. The lowest BCUT2D eigenvalue weighted by Crippen LogP contribution is -2.32. The van der Waals surface area contributed by atoms with Crippen LogP contribution in [-0.2, 0) is 4.79 Å². The molecular formula is C23H23FN4OS. The molecule has 7 heteroatoms. The average Bonchev–Trinajstić information content (AvgIpc) is 3.16. The molecule has 1 aromatic heterocycles. The summed E-state index contributed by atoms with van der Waals surface area (Å²) in [6.45, 7) is 10.2. The SMILES string of the molecule is C=CCN(CC=C)C(=O)CSc1nnc(-c2ccccc2F)n1-c1ccccc1C. The zero-order valence-electron chi connectivity index (χ0n) is 16.8. The molecule has 0 radical (unpaired) electrons. The number of thioether (sulfide) groups is 1. The van der Waals surface area contributed by atoms with Crippen LogP contribution in [0.1, 0.15) is 5.56 Å². The Bertz CT molecular complexity index is 1050. The quantitative estimate of drug-likeness (QED) is 0.371. The number of rotatable bonds is 9. The topological polar surface area (TPSA) is 51.0 Å². The van der Waals surface area contributed by atoms with Crippen molar-refractivity contribution in [3.05, 3.63) is 85.2 Å². The van der Waals surface area contributed by atoms with E-state index in [2.05, 4.69) is 23.4 Å². The molecule has 0 unspecified atom stereocenters. The Morgan fingerprint density at radius 2 is 1.77 bits per heavy atom. The summed E-state index contributed by atoms with van der Waals surface area (Å²) in [7, 11) is 0. The van der Waals surface area contributed by atoms with Crippen LogP contribution in [0.3, 0.4) is 0 Å². The summed E-state index contributed by atoms with van der Waals surface area (Å²) < 4.78 is 16.3. The van der Waals surface area contributed by atoms with Crippen LogP contribution in [-0.4, -0.2) is 44.4 Å². The highest BCUT2D eigenvalue weighted by Crippen LogP contribution is 2.30. The molecule has 0 saturated carbocycles. The number of amides is 1. The number of carbonyl (C=O) groups excluding carboxylic acids is 1. The molecule has 0 N–H and O–H groups in total.